The van der Waals surface area contributed by atoms with Crippen molar-refractivity contribution in [2.45, 2.75) is 12.0 Å². The van der Waals surface area contributed by atoms with Crippen molar-refractivity contribution in [1.82, 2.24) is 0 Å². The van der Waals surface area contributed by atoms with E-state index in [1.165, 1.54) is 0 Å². The highest BCUT2D eigenvalue weighted by atomic mass is 16.5. The smallest absolute Gasteiger partial charge is 0.0909 e. The predicted molar refractivity (Wildman–Crippen MR) is 100 cm³/mol. The van der Waals surface area contributed by atoms with Gasteiger partial charge in [0.15, 0.2) is 0 Å². The molecule has 1 atom stereocenters. The van der Waals surface area contributed by atoms with Gasteiger partial charge in [-0.25, -0.2) is 0 Å². The summed E-state index contributed by atoms with van der Waals surface area (Å²) in [5.41, 5.74) is 6.47. The average Bonchev–Trinajstić information content (AvgIpc) is 2.68. The van der Waals surface area contributed by atoms with Crippen LogP contribution in [-0.4, -0.2) is 12.2 Å². The summed E-state index contributed by atoms with van der Waals surface area (Å²) in [5.74, 6) is -0.108. The minimum atomic E-state index is -0.604. The first kappa shape index (κ1) is 15.7. The minimum absolute atomic E-state index is 0.108. The van der Waals surface area contributed by atoms with Gasteiger partial charge in [-0.05, 0) is 27.8 Å². The van der Waals surface area contributed by atoms with Gasteiger partial charge in [-0.3, -0.25) is 0 Å². The zero-order valence-corrected chi connectivity index (χ0v) is 14.1. The Kier molecular flexibility index (Phi) is 4.12. The second kappa shape index (κ2) is 6.58. The zero-order chi connectivity index (χ0) is 17.2. The zero-order valence-electron chi connectivity index (χ0n) is 14.1. The normalized spacial score (nSPS) is 16.6. The van der Waals surface area contributed by atoms with Crippen LogP contribution >= 0.6 is 0 Å². The highest BCUT2D eigenvalue weighted by molar-refractivity contribution is 5.86. The second-order valence-electron chi connectivity index (χ2n) is 6.27. The van der Waals surface area contributed by atoms with Crippen molar-refractivity contribution in [3.63, 3.8) is 0 Å². The fourth-order valence-corrected chi connectivity index (χ4v) is 3.77. The Balaban J connectivity index is 1.94. The molecule has 124 valence electrons. The van der Waals surface area contributed by atoms with Crippen LogP contribution in [0.25, 0.3) is 5.57 Å². The third-order valence-corrected chi connectivity index (χ3v) is 4.86. The van der Waals surface area contributed by atoms with Gasteiger partial charge in [-0.1, -0.05) is 78.9 Å². The van der Waals surface area contributed by atoms with Crippen LogP contribution in [-0.2, 0) is 4.74 Å². The Morgan fingerprint density at radius 2 is 1.32 bits per heavy atom. The highest BCUT2D eigenvalue weighted by Gasteiger charge is 2.33. The van der Waals surface area contributed by atoms with Gasteiger partial charge < -0.3 is 9.84 Å². The lowest BCUT2D eigenvalue weighted by atomic mass is 9.72. The van der Waals surface area contributed by atoms with Crippen LogP contribution in [0.3, 0.4) is 0 Å². The Bertz CT molecular complexity index is 863. The average molecular weight is 328 g/mol. The Morgan fingerprint density at radius 1 is 0.800 bits per heavy atom. The lowest BCUT2D eigenvalue weighted by Gasteiger charge is -2.33. The SMILES string of the molecule is COC=C1c2ccccc2C(C(O)c2ccccc2)c2ccccc21. The van der Waals surface area contributed by atoms with E-state index in [-0.39, 0.29) is 5.92 Å². The second-order valence-corrected chi connectivity index (χ2v) is 6.27. The van der Waals surface area contributed by atoms with Crippen LogP contribution in [0.15, 0.2) is 85.1 Å². The largest absolute Gasteiger partial charge is 0.504 e. The van der Waals surface area contributed by atoms with Crippen LogP contribution in [0.2, 0.25) is 0 Å². The summed E-state index contributed by atoms with van der Waals surface area (Å²) in [6.07, 6.45) is 1.19. The summed E-state index contributed by atoms with van der Waals surface area (Å²) in [7, 11) is 1.67. The fourth-order valence-electron chi connectivity index (χ4n) is 3.77. The molecule has 1 aliphatic carbocycles. The van der Waals surface area contributed by atoms with E-state index in [0.717, 1.165) is 33.4 Å². The molecule has 0 aromatic heterocycles. The lowest BCUT2D eigenvalue weighted by Crippen LogP contribution is -2.19. The molecule has 1 unspecified atom stereocenters. The van der Waals surface area contributed by atoms with E-state index < -0.39 is 6.10 Å². The van der Waals surface area contributed by atoms with E-state index in [9.17, 15) is 5.11 Å². The van der Waals surface area contributed by atoms with Crippen molar-refractivity contribution in [1.29, 1.82) is 0 Å². The number of fused-ring (bicyclic) bond motifs is 2. The van der Waals surface area contributed by atoms with Gasteiger partial charge >= 0.3 is 0 Å². The third-order valence-electron chi connectivity index (χ3n) is 4.86. The maximum absolute atomic E-state index is 11.2. The molecule has 3 aromatic rings. The van der Waals surface area contributed by atoms with Crippen LogP contribution in [0.1, 0.15) is 39.8 Å². The molecule has 4 rings (SSSR count). The van der Waals surface area contributed by atoms with Crippen molar-refractivity contribution in [3.8, 4) is 0 Å². The van der Waals surface area contributed by atoms with E-state index >= 15 is 0 Å². The predicted octanol–water partition coefficient (Wildman–Crippen LogP) is 4.90. The molecular formula is C23H20O2. The van der Waals surface area contributed by atoms with E-state index in [1.54, 1.807) is 13.4 Å². The first-order valence-electron chi connectivity index (χ1n) is 8.46. The first-order valence-corrected chi connectivity index (χ1v) is 8.46. The Labute approximate surface area is 148 Å². The number of ether oxygens (including phenoxy) is 1. The molecule has 0 fully saturated rings. The molecular weight excluding hydrogens is 308 g/mol. The van der Waals surface area contributed by atoms with Gasteiger partial charge in [0.25, 0.3) is 0 Å². The number of methoxy groups -OCH3 is 1. The monoisotopic (exact) mass is 328 g/mol. The molecule has 0 aliphatic heterocycles. The molecule has 0 spiro atoms. The molecule has 0 radical (unpaired) electrons. The number of benzene rings is 3. The van der Waals surface area contributed by atoms with E-state index in [1.807, 2.05) is 54.6 Å². The van der Waals surface area contributed by atoms with Crippen LogP contribution in [0, 0.1) is 0 Å². The number of aliphatic hydroxyl groups excluding tert-OH is 1. The quantitative estimate of drug-likeness (QED) is 0.693. The standard InChI is InChI=1S/C23H20O2/c1-25-15-21-17-11-5-7-13-19(17)22(20-14-8-6-12-18(20)21)23(24)16-9-3-2-4-10-16/h2-15,22-24H,1H3. The topological polar surface area (TPSA) is 29.5 Å². The van der Waals surface area contributed by atoms with E-state index in [0.29, 0.717) is 0 Å². The number of aliphatic hydroxyl groups is 1. The van der Waals surface area contributed by atoms with Gasteiger partial charge in [0.1, 0.15) is 0 Å². The molecule has 1 aliphatic rings. The van der Waals surface area contributed by atoms with Crippen LogP contribution < -0.4 is 0 Å². The molecule has 0 saturated carbocycles. The van der Waals surface area contributed by atoms with Crippen molar-refractivity contribution >= 4 is 5.57 Å². The number of hydrogen-bond donors (Lipinski definition) is 1. The summed E-state index contributed by atoms with van der Waals surface area (Å²) in [5, 5.41) is 11.2. The van der Waals surface area contributed by atoms with Gasteiger partial charge in [-0.2, -0.15) is 0 Å². The molecule has 0 bridgehead atoms. The minimum Gasteiger partial charge on any atom is -0.504 e. The van der Waals surface area contributed by atoms with Gasteiger partial charge in [0.05, 0.1) is 19.5 Å². The van der Waals surface area contributed by atoms with E-state index in [4.69, 9.17) is 4.74 Å². The lowest BCUT2D eigenvalue weighted by molar-refractivity contribution is 0.158. The van der Waals surface area contributed by atoms with Crippen LogP contribution in [0.5, 0.6) is 0 Å². The molecule has 25 heavy (non-hydrogen) atoms. The Hall–Kier alpha value is -2.84. The van der Waals surface area contributed by atoms with Gasteiger partial charge in [0.2, 0.25) is 0 Å². The molecule has 3 aromatic carbocycles. The maximum atomic E-state index is 11.2. The van der Waals surface area contributed by atoms with Crippen molar-refractivity contribution in [2.24, 2.45) is 0 Å². The Morgan fingerprint density at radius 3 is 1.88 bits per heavy atom. The van der Waals surface area contributed by atoms with Crippen molar-refractivity contribution in [3.05, 3.63) is 113 Å². The summed E-state index contributed by atoms with van der Waals surface area (Å²) >= 11 is 0. The van der Waals surface area contributed by atoms with Crippen molar-refractivity contribution < 1.29 is 9.84 Å². The summed E-state index contributed by atoms with van der Waals surface area (Å²) in [6.45, 7) is 0. The van der Waals surface area contributed by atoms with E-state index in [2.05, 4.69) is 24.3 Å². The maximum Gasteiger partial charge on any atom is 0.0909 e. The molecule has 0 heterocycles. The number of hydrogen-bond acceptors (Lipinski definition) is 2. The molecule has 0 amide bonds. The fraction of sp³-hybridized carbons (Fsp3) is 0.130. The first-order chi connectivity index (χ1) is 12.3. The van der Waals surface area contributed by atoms with Gasteiger partial charge in [0, 0.05) is 11.5 Å². The third kappa shape index (κ3) is 2.65. The van der Waals surface area contributed by atoms with Crippen molar-refractivity contribution in [2.75, 3.05) is 7.11 Å². The highest BCUT2D eigenvalue weighted by Crippen LogP contribution is 2.47. The van der Waals surface area contributed by atoms with Gasteiger partial charge in [-0.15, -0.1) is 0 Å². The summed E-state index contributed by atoms with van der Waals surface area (Å²) in [6, 6.07) is 26.4. The molecule has 2 heteroatoms. The molecule has 0 saturated heterocycles. The summed E-state index contributed by atoms with van der Waals surface area (Å²) in [4.78, 5) is 0. The molecule has 2 nitrogen and oxygen atoms in total. The number of rotatable bonds is 3. The summed E-state index contributed by atoms with van der Waals surface area (Å²) < 4.78 is 5.35. The van der Waals surface area contributed by atoms with Crippen LogP contribution in [0.4, 0.5) is 0 Å². The molecule has 1 N–H and O–H groups in total.